The van der Waals surface area contributed by atoms with Gasteiger partial charge in [-0.25, -0.2) is 0 Å². The summed E-state index contributed by atoms with van der Waals surface area (Å²) in [5, 5.41) is 11.7. The van der Waals surface area contributed by atoms with Crippen LogP contribution in [-0.2, 0) is 17.8 Å². The third-order valence-corrected chi connectivity index (χ3v) is 3.91. The molecule has 1 aromatic heterocycles. The van der Waals surface area contributed by atoms with Gasteiger partial charge in [0, 0.05) is 13.0 Å². The first-order chi connectivity index (χ1) is 10.6. The number of fused-ring (bicyclic) bond motifs is 1. The standard InChI is InChI=1S/C15H17ClN4O2/c1-10(15-19-18-13-7-4-8-20(13)15)17-14(21)9-22-12-6-3-2-5-11(12)16/h2-3,5-6,10H,4,7-9H2,1H3,(H,17,21). The van der Waals surface area contributed by atoms with Crippen molar-refractivity contribution in [1.82, 2.24) is 20.1 Å². The van der Waals surface area contributed by atoms with Gasteiger partial charge in [0.2, 0.25) is 0 Å². The Morgan fingerprint density at radius 1 is 1.45 bits per heavy atom. The predicted molar refractivity (Wildman–Crippen MR) is 81.8 cm³/mol. The molecule has 1 aliphatic heterocycles. The predicted octanol–water partition coefficient (Wildman–Crippen LogP) is 2.13. The summed E-state index contributed by atoms with van der Waals surface area (Å²) in [4.78, 5) is 12.0. The van der Waals surface area contributed by atoms with Gasteiger partial charge in [-0.3, -0.25) is 4.79 Å². The van der Waals surface area contributed by atoms with Crippen molar-refractivity contribution in [2.75, 3.05) is 6.61 Å². The smallest absolute Gasteiger partial charge is 0.258 e. The van der Waals surface area contributed by atoms with Gasteiger partial charge in [0.25, 0.3) is 5.91 Å². The molecule has 0 spiro atoms. The van der Waals surface area contributed by atoms with Crippen LogP contribution in [0.5, 0.6) is 5.75 Å². The lowest BCUT2D eigenvalue weighted by molar-refractivity contribution is -0.123. The highest BCUT2D eigenvalue weighted by Gasteiger charge is 2.22. The maximum absolute atomic E-state index is 12.0. The quantitative estimate of drug-likeness (QED) is 0.916. The molecule has 7 heteroatoms. The lowest BCUT2D eigenvalue weighted by atomic mass is 10.3. The molecule has 1 aliphatic rings. The molecule has 0 bridgehead atoms. The molecule has 1 atom stereocenters. The van der Waals surface area contributed by atoms with E-state index in [1.165, 1.54) is 0 Å². The largest absolute Gasteiger partial charge is 0.482 e. The molecular formula is C15H17ClN4O2. The number of ether oxygens (including phenoxy) is 1. The molecule has 6 nitrogen and oxygen atoms in total. The monoisotopic (exact) mass is 320 g/mol. The molecule has 1 amide bonds. The maximum Gasteiger partial charge on any atom is 0.258 e. The summed E-state index contributed by atoms with van der Waals surface area (Å²) < 4.78 is 7.49. The highest BCUT2D eigenvalue weighted by molar-refractivity contribution is 6.32. The van der Waals surface area contributed by atoms with E-state index >= 15 is 0 Å². The molecule has 2 aromatic rings. The number of carbonyl (C=O) groups excluding carboxylic acids is 1. The topological polar surface area (TPSA) is 69.0 Å². The number of hydrogen-bond acceptors (Lipinski definition) is 4. The van der Waals surface area contributed by atoms with Crippen LogP contribution in [-0.4, -0.2) is 27.3 Å². The van der Waals surface area contributed by atoms with Crippen LogP contribution in [0.2, 0.25) is 5.02 Å². The lowest BCUT2D eigenvalue weighted by Gasteiger charge is -2.14. The van der Waals surface area contributed by atoms with E-state index in [4.69, 9.17) is 16.3 Å². The van der Waals surface area contributed by atoms with Gasteiger partial charge in [0.05, 0.1) is 11.1 Å². The Morgan fingerprint density at radius 2 is 2.27 bits per heavy atom. The Labute approximate surface area is 133 Å². The number of nitrogens with zero attached hydrogens (tertiary/aromatic N) is 3. The average Bonchev–Trinajstić information content (AvgIpc) is 3.09. The van der Waals surface area contributed by atoms with Gasteiger partial charge >= 0.3 is 0 Å². The number of hydrogen-bond donors (Lipinski definition) is 1. The molecule has 0 radical (unpaired) electrons. The third kappa shape index (κ3) is 3.06. The fourth-order valence-electron chi connectivity index (χ4n) is 2.55. The van der Waals surface area contributed by atoms with E-state index in [1.807, 2.05) is 13.0 Å². The van der Waals surface area contributed by atoms with Gasteiger partial charge in [-0.05, 0) is 25.5 Å². The Morgan fingerprint density at radius 3 is 3.09 bits per heavy atom. The van der Waals surface area contributed by atoms with Crippen molar-refractivity contribution in [3.8, 4) is 5.75 Å². The summed E-state index contributed by atoms with van der Waals surface area (Å²) in [6.45, 7) is 2.71. The normalized spacial score (nSPS) is 14.5. The van der Waals surface area contributed by atoms with Crippen LogP contribution in [0.3, 0.4) is 0 Å². The summed E-state index contributed by atoms with van der Waals surface area (Å²) in [7, 11) is 0. The Kier molecular flexibility index (Phi) is 4.29. The minimum Gasteiger partial charge on any atom is -0.482 e. The van der Waals surface area contributed by atoms with Crippen molar-refractivity contribution in [1.29, 1.82) is 0 Å². The molecule has 3 rings (SSSR count). The van der Waals surface area contributed by atoms with Crippen molar-refractivity contribution >= 4 is 17.5 Å². The second-order valence-corrected chi connectivity index (χ2v) is 5.65. The number of halogens is 1. The molecule has 1 N–H and O–H groups in total. The van der Waals surface area contributed by atoms with E-state index in [9.17, 15) is 4.79 Å². The number of aryl methyl sites for hydroxylation is 1. The van der Waals surface area contributed by atoms with E-state index in [1.54, 1.807) is 18.2 Å². The Balaban J connectivity index is 1.56. The number of benzene rings is 1. The zero-order valence-corrected chi connectivity index (χ0v) is 13.0. The van der Waals surface area contributed by atoms with Crippen LogP contribution in [0.15, 0.2) is 24.3 Å². The first-order valence-corrected chi connectivity index (χ1v) is 7.61. The number of nitrogens with one attached hydrogen (secondary N) is 1. The molecule has 0 fully saturated rings. The second kappa shape index (κ2) is 6.36. The van der Waals surface area contributed by atoms with Crippen LogP contribution in [0, 0.1) is 0 Å². The molecule has 0 saturated carbocycles. The molecule has 1 unspecified atom stereocenters. The summed E-state index contributed by atoms with van der Waals surface area (Å²) in [6.07, 6.45) is 2.03. The molecular weight excluding hydrogens is 304 g/mol. The molecule has 2 heterocycles. The van der Waals surface area contributed by atoms with Crippen LogP contribution in [0.25, 0.3) is 0 Å². The fraction of sp³-hybridized carbons (Fsp3) is 0.400. The van der Waals surface area contributed by atoms with E-state index in [0.29, 0.717) is 10.8 Å². The first-order valence-electron chi connectivity index (χ1n) is 7.24. The third-order valence-electron chi connectivity index (χ3n) is 3.60. The number of para-hydroxylation sites is 1. The number of rotatable bonds is 5. The fourth-order valence-corrected chi connectivity index (χ4v) is 2.74. The van der Waals surface area contributed by atoms with E-state index in [-0.39, 0.29) is 18.6 Å². The highest BCUT2D eigenvalue weighted by atomic mass is 35.5. The SMILES string of the molecule is CC(NC(=O)COc1ccccc1Cl)c1nnc2n1CCC2. The lowest BCUT2D eigenvalue weighted by Crippen LogP contribution is -2.32. The minimum atomic E-state index is -0.220. The first kappa shape index (κ1) is 14.8. The molecule has 22 heavy (non-hydrogen) atoms. The van der Waals surface area contributed by atoms with Crippen molar-refractivity contribution in [2.24, 2.45) is 0 Å². The molecule has 1 aromatic carbocycles. The van der Waals surface area contributed by atoms with Gasteiger partial charge in [-0.15, -0.1) is 10.2 Å². The summed E-state index contributed by atoms with van der Waals surface area (Å²) in [5.41, 5.74) is 0. The van der Waals surface area contributed by atoms with E-state index in [2.05, 4.69) is 20.1 Å². The van der Waals surface area contributed by atoms with Crippen molar-refractivity contribution < 1.29 is 9.53 Å². The zero-order chi connectivity index (χ0) is 15.5. The van der Waals surface area contributed by atoms with Gasteiger partial charge in [0.15, 0.2) is 12.4 Å². The minimum absolute atomic E-state index is 0.0882. The van der Waals surface area contributed by atoms with E-state index in [0.717, 1.165) is 31.0 Å². The van der Waals surface area contributed by atoms with E-state index < -0.39 is 0 Å². The van der Waals surface area contributed by atoms with Gasteiger partial charge < -0.3 is 14.6 Å². The van der Waals surface area contributed by atoms with Crippen molar-refractivity contribution in [2.45, 2.75) is 32.4 Å². The van der Waals surface area contributed by atoms with Crippen molar-refractivity contribution in [3.63, 3.8) is 0 Å². The number of amides is 1. The summed E-state index contributed by atoms with van der Waals surface area (Å²) >= 11 is 5.98. The Hall–Kier alpha value is -2.08. The van der Waals surface area contributed by atoms with Gasteiger partial charge in [-0.1, -0.05) is 23.7 Å². The van der Waals surface area contributed by atoms with Gasteiger partial charge in [-0.2, -0.15) is 0 Å². The van der Waals surface area contributed by atoms with Crippen molar-refractivity contribution in [3.05, 3.63) is 40.9 Å². The van der Waals surface area contributed by atoms with Crippen LogP contribution in [0.1, 0.15) is 31.0 Å². The second-order valence-electron chi connectivity index (χ2n) is 5.24. The molecule has 0 saturated heterocycles. The summed E-state index contributed by atoms with van der Waals surface area (Å²) in [5.74, 6) is 2.06. The number of aromatic nitrogens is 3. The molecule has 0 aliphatic carbocycles. The Bertz CT molecular complexity index is 686. The average molecular weight is 321 g/mol. The summed E-state index contributed by atoms with van der Waals surface area (Å²) in [6, 6.07) is 6.85. The highest BCUT2D eigenvalue weighted by Crippen LogP contribution is 2.23. The van der Waals surface area contributed by atoms with Crippen LogP contribution >= 0.6 is 11.6 Å². The maximum atomic E-state index is 12.0. The molecule has 116 valence electrons. The van der Waals surface area contributed by atoms with Crippen LogP contribution in [0.4, 0.5) is 0 Å². The zero-order valence-electron chi connectivity index (χ0n) is 12.3. The van der Waals surface area contributed by atoms with Crippen LogP contribution < -0.4 is 10.1 Å². The van der Waals surface area contributed by atoms with Gasteiger partial charge in [0.1, 0.15) is 11.6 Å². The number of carbonyl (C=O) groups is 1.